The average molecular weight is 545 g/mol. The molecule has 0 radical (unpaired) electrons. The summed E-state index contributed by atoms with van der Waals surface area (Å²) in [6, 6.07) is 23.3. The van der Waals surface area contributed by atoms with Crippen LogP contribution >= 0.6 is 27.7 Å². The van der Waals surface area contributed by atoms with Gasteiger partial charge in [0.1, 0.15) is 0 Å². The topological polar surface area (TPSA) is 59.4 Å². The molecule has 1 fully saturated rings. The Labute approximate surface area is 215 Å². The Bertz CT molecular complexity index is 1490. The third kappa shape index (κ3) is 4.88. The minimum absolute atomic E-state index is 0.267. The summed E-state index contributed by atoms with van der Waals surface area (Å²) < 4.78 is 3.06. The van der Waals surface area contributed by atoms with E-state index in [4.69, 9.17) is 0 Å². The molecular weight excluding hydrogens is 524 g/mol. The van der Waals surface area contributed by atoms with Crippen molar-refractivity contribution in [1.29, 1.82) is 0 Å². The molecule has 2 amide bonds. The number of carbonyl (C=O) groups excluding carboxylic acids is 3. The summed E-state index contributed by atoms with van der Waals surface area (Å²) in [7, 11) is 0. The molecule has 174 valence electrons. The summed E-state index contributed by atoms with van der Waals surface area (Å²) in [5, 5.41) is 0.536. The van der Waals surface area contributed by atoms with Crippen molar-refractivity contribution in [2.45, 2.75) is 13.5 Å². The van der Waals surface area contributed by atoms with Crippen molar-refractivity contribution in [2.24, 2.45) is 0 Å². The first-order valence-corrected chi connectivity index (χ1v) is 12.7. The second-order valence-corrected chi connectivity index (χ2v) is 10.3. The maximum absolute atomic E-state index is 13.1. The highest BCUT2D eigenvalue weighted by atomic mass is 79.9. The van der Waals surface area contributed by atoms with E-state index in [1.54, 1.807) is 18.2 Å². The molecule has 35 heavy (non-hydrogen) atoms. The van der Waals surface area contributed by atoms with Crippen molar-refractivity contribution in [3.63, 3.8) is 0 Å². The highest BCUT2D eigenvalue weighted by Crippen LogP contribution is 2.35. The number of Topliss-reactive ketones (excluding diaryl/α,β-unsaturated/α-hetero) is 1. The zero-order chi connectivity index (χ0) is 24.5. The third-order valence-electron chi connectivity index (χ3n) is 5.91. The first-order valence-electron chi connectivity index (χ1n) is 11.1. The van der Waals surface area contributed by atoms with Crippen LogP contribution in [0.3, 0.4) is 0 Å². The maximum atomic E-state index is 13.1. The molecule has 0 saturated carbocycles. The van der Waals surface area contributed by atoms with E-state index in [9.17, 15) is 14.4 Å². The third-order valence-corrected chi connectivity index (χ3v) is 7.31. The number of ketones is 1. The van der Waals surface area contributed by atoms with Gasteiger partial charge in [0, 0.05) is 39.2 Å². The van der Waals surface area contributed by atoms with Gasteiger partial charge in [0.25, 0.3) is 11.1 Å². The van der Waals surface area contributed by atoms with Gasteiger partial charge in [0.2, 0.25) is 0 Å². The summed E-state index contributed by atoms with van der Waals surface area (Å²) in [4.78, 5) is 39.7. The number of hydrogen-bond acceptors (Lipinski definition) is 4. The number of fused-ring (bicyclic) bond motifs is 1. The molecule has 5 rings (SSSR count). The molecular formula is C28H21BrN2O3S. The van der Waals surface area contributed by atoms with Gasteiger partial charge in [0.05, 0.1) is 11.4 Å². The number of amides is 2. The molecule has 0 bridgehead atoms. The minimum Gasteiger partial charge on any atom is -0.342 e. The van der Waals surface area contributed by atoms with Gasteiger partial charge >= 0.3 is 0 Å². The smallest absolute Gasteiger partial charge is 0.293 e. The molecule has 2 heterocycles. The number of aryl methyl sites for hydroxylation is 1. The van der Waals surface area contributed by atoms with Crippen LogP contribution in [0.1, 0.15) is 27.0 Å². The summed E-state index contributed by atoms with van der Waals surface area (Å²) in [5.74, 6) is -0.712. The van der Waals surface area contributed by atoms with Gasteiger partial charge in [-0.1, -0.05) is 76.1 Å². The quantitative estimate of drug-likeness (QED) is 0.200. The molecule has 1 saturated heterocycles. The summed E-state index contributed by atoms with van der Waals surface area (Å²) in [5.41, 5.74) is 4.54. The standard InChI is InChI=1S/C28H21BrN2O3S/c1-18-7-9-20(10-8-18)25(32)17-31-27(33)26(35-28(31)34)13-21-16-30(15-19-5-3-2-4-6-19)24-12-11-22(29)14-23(21)24/h2-14,16H,15,17H2,1H3/b26-13-. The normalized spacial score (nSPS) is 14.9. The SMILES string of the molecule is Cc1ccc(C(=O)CN2C(=O)S/C(=C\c3cn(Cc4ccccc4)c4ccc(Br)cc34)C2=O)cc1. The number of rotatable bonds is 6. The monoisotopic (exact) mass is 544 g/mol. The Kier molecular flexibility index (Phi) is 6.45. The highest BCUT2D eigenvalue weighted by Gasteiger charge is 2.36. The maximum Gasteiger partial charge on any atom is 0.293 e. The van der Waals surface area contributed by atoms with Crippen LogP contribution < -0.4 is 0 Å². The lowest BCUT2D eigenvalue weighted by atomic mass is 10.1. The van der Waals surface area contributed by atoms with Gasteiger partial charge in [-0.05, 0) is 48.5 Å². The van der Waals surface area contributed by atoms with E-state index >= 15 is 0 Å². The van der Waals surface area contributed by atoms with Crippen LogP contribution in [0.2, 0.25) is 0 Å². The number of thioether (sulfide) groups is 1. The molecule has 0 atom stereocenters. The Morgan fingerprint density at radius 2 is 1.74 bits per heavy atom. The predicted molar refractivity (Wildman–Crippen MR) is 143 cm³/mol. The number of halogens is 1. The fourth-order valence-electron chi connectivity index (χ4n) is 4.07. The molecule has 3 aromatic carbocycles. The number of hydrogen-bond donors (Lipinski definition) is 0. The van der Waals surface area contributed by atoms with Gasteiger partial charge < -0.3 is 4.57 Å². The summed E-state index contributed by atoms with van der Waals surface area (Å²) in [6.07, 6.45) is 3.74. The van der Waals surface area contributed by atoms with E-state index in [0.29, 0.717) is 17.0 Å². The van der Waals surface area contributed by atoms with Crippen molar-refractivity contribution in [1.82, 2.24) is 9.47 Å². The van der Waals surface area contributed by atoms with E-state index in [2.05, 4.69) is 32.6 Å². The number of carbonyl (C=O) groups is 3. The lowest BCUT2D eigenvalue weighted by Crippen LogP contribution is -2.33. The second-order valence-electron chi connectivity index (χ2n) is 8.42. The van der Waals surface area contributed by atoms with E-state index in [1.165, 1.54) is 0 Å². The highest BCUT2D eigenvalue weighted by molar-refractivity contribution is 9.10. The number of benzene rings is 3. The molecule has 5 nitrogen and oxygen atoms in total. The fourth-order valence-corrected chi connectivity index (χ4v) is 5.27. The molecule has 7 heteroatoms. The molecule has 4 aromatic rings. The van der Waals surface area contributed by atoms with Crippen molar-refractivity contribution >= 4 is 61.6 Å². The zero-order valence-electron chi connectivity index (χ0n) is 18.9. The molecule has 0 N–H and O–H groups in total. The van der Waals surface area contributed by atoms with Crippen molar-refractivity contribution < 1.29 is 14.4 Å². The Hall–Kier alpha value is -3.42. The average Bonchev–Trinajstić information content (AvgIpc) is 3.31. The van der Waals surface area contributed by atoms with E-state index < -0.39 is 11.1 Å². The first-order chi connectivity index (χ1) is 16.9. The van der Waals surface area contributed by atoms with Crippen LogP contribution in [-0.4, -0.2) is 32.9 Å². The van der Waals surface area contributed by atoms with Crippen LogP contribution in [0, 0.1) is 6.92 Å². The lowest BCUT2D eigenvalue weighted by Gasteiger charge is -2.11. The summed E-state index contributed by atoms with van der Waals surface area (Å²) in [6.45, 7) is 2.34. The molecule has 1 aliphatic rings. The Morgan fingerprint density at radius 3 is 2.49 bits per heavy atom. The Morgan fingerprint density at radius 1 is 1.00 bits per heavy atom. The Balaban J connectivity index is 1.44. The lowest BCUT2D eigenvalue weighted by molar-refractivity contribution is -0.122. The van der Waals surface area contributed by atoms with Crippen molar-refractivity contribution in [2.75, 3.05) is 6.54 Å². The van der Waals surface area contributed by atoms with E-state index in [0.717, 1.165) is 48.7 Å². The van der Waals surface area contributed by atoms with Crippen LogP contribution in [0.4, 0.5) is 4.79 Å². The largest absolute Gasteiger partial charge is 0.342 e. The van der Waals surface area contributed by atoms with Gasteiger partial charge in [0.15, 0.2) is 5.78 Å². The van der Waals surface area contributed by atoms with Gasteiger partial charge in [-0.2, -0.15) is 0 Å². The van der Waals surface area contributed by atoms with E-state index in [-0.39, 0.29) is 12.3 Å². The number of imide groups is 1. The van der Waals surface area contributed by atoms with Crippen molar-refractivity contribution in [3.8, 4) is 0 Å². The van der Waals surface area contributed by atoms with Gasteiger partial charge in [-0.3, -0.25) is 19.3 Å². The second kappa shape index (κ2) is 9.68. The molecule has 0 spiro atoms. The molecule has 0 aliphatic carbocycles. The summed E-state index contributed by atoms with van der Waals surface area (Å²) >= 11 is 4.41. The molecule has 1 aromatic heterocycles. The zero-order valence-corrected chi connectivity index (χ0v) is 21.3. The minimum atomic E-state index is -0.445. The van der Waals surface area contributed by atoms with Gasteiger partial charge in [-0.25, -0.2) is 0 Å². The van der Waals surface area contributed by atoms with Crippen molar-refractivity contribution in [3.05, 3.63) is 111 Å². The van der Waals surface area contributed by atoms with Gasteiger partial charge in [-0.15, -0.1) is 0 Å². The van der Waals surface area contributed by atoms with Crippen LogP contribution in [-0.2, 0) is 11.3 Å². The number of nitrogens with zero attached hydrogens (tertiary/aromatic N) is 2. The van der Waals surface area contributed by atoms with E-state index in [1.807, 2.05) is 61.7 Å². The predicted octanol–water partition coefficient (Wildman–Crippen LogP) is 6.68. The fraction of sp³-hybridized carbons (Fsp3) is 0.107. The van der Waals surface area contributed by atoms with Crippen LogP contribution in [0.5, 0.6) is 0 Å². The molecule has 1 aliphatic heterocycles. The van der Waals surface area contributed by atoms with Crippen LogP contribution in [0.15, 0.2) is 88.4 Å². The first kappa shape index (κ1) is 23.3. The molecule has 0 unspecified atom stereocenters. The number of aromatic nitrogens is 1. The van der Waals surface area contributed by atoms with Crippen LogP contribution in [0.25, 0.3) is 17.0 Å².